The summed E-state index contributed by atoms with van der Waals surface area (Å²) in [5, 5.41) is 15.5. The molecule has 5 nitrogen and oxygen atoms in total. The van der Waals surface area contributed by atoms with E-state index in [1.807, 2.05) is 20.8 Å². The van der Waals surface area contributed by atoms with Gasteiger partial charge in [0.25, 0.3) is 5.91 Å². The van der Waals surface area contributed by atoms with Crippen LogP contribution >= 0.6 is 11.5 Å². The SMILES string of the molecule is CC(C)(C)C(CCO)NC(=O)c1cnns1. The van der Waals surface area contributed by atoms with Gasteiger partial charge in [-0.2, -0.15) is 0 Å². The van der Waals surface area contributed by atoms with E-state index >= 15 is 0 Å². The Hall–Kier alpha value is -1.01. The number of hydrogen-bond acceptors (Lipinski definition) is 5. The Labute approximate surface area is 99.0 Å². The van der Waals surface area contributed by atoms with Gasteiger partial charge in [-0.15, -0.1) is 5.10 Å². The van der Waals surface area contributed by atoms with Gasteiger partial charge in [-0.3, -0.25) is 4.79 Å². The van der Waals surface area contributed by atoms with Crippen molar-refractivity contribution in [3.8, 4) is 0 Å². The summed E-state index contributed by atoms with van der Waals surface area (Å²) in [5.41, 5.74) is -0.0868. The molecule has 1 atom stereocenters. The minimum absolute atomic E-state index is 0.0587. The van der Waals surface area contributed by atoms with Crippen LogP contribution in [0.15, 0.2) is 6.20 Å². The molecule has 0 aliphatic carbocycles. The summed E-state index contributed by atoms with van der Waals surface area (Å²) in [6, 6.07) is -0.0629. The monoisotopic (exact) mass is 243 g/mol. The van der Waals surface area contributed by atoms with E-state index in [0.29, 0.717) is 11.3 Å². The van der Waals surface area contributed by atoms with Crippen molar-refractivity contribution in [2.45, 2.75) is 33.2 Å². The maximum absolute atomic E-state index is 11.8. The number of aliphatic hydroxyl groups excluding tert-OH is 1. The molecule has 0 aliphatic heterocycles. The van der Waals surface area contributed by atoms with Crippen LogP contribution in [-0.4, -0.2) is 33.2 Å². The van der Waals surface area contributed by atoms with Gasteiger partial charge in [0.05, 0.1) is 6.20 Å². The highest BCUT2D eigenvalue weighted by atomic mass is 32.1. The molecule has 16 heavy (non-hydrogen) atoms. The van der Waals surface area contributed by atoms with Crippen LogP contribution in [0, 0.1) is 5.41 Å². The molecule has 1 heterocycles. The van der Waals surface area contributed by atoms with Gasteiger partial charge in [0.15, 0.2) is 0 Å². The molecule has 1 aromatic heterocycles. The van der Waals surface area contributed by atoms with Crippen molar-refractivity contribution in [1.29, 1.82) is 0 Å². The second-order valence-corrected chi connectivity index (χ2v) is 5.47. The van der Waals surface area contributed by atoms with Crippen molar-refractivity contribution >= 4 is 17.4 Å². The Morgan fingerprint density at radius 3 is 2.75 bits per heavy atom. The topological polar surface area (TPSA) is 75.1 Å². The van der Waals surface area contributed by atoms with Crippen LogP contribution in [0.3, 0.4) is 0 Å². The lowest BCUT2D eigenvalue weighted by Gasteiger charge is -2.30. The number of hydrogen-bond donors (Lipinski definition) is 2. The summed E-state index contributed by atoms with van der Waals surface area (Å²) in [4.78, 5) is 12.3. The second-order valence-electron chi connectivity index (χ2n) is 4.69. The normalized spacial score (nSPS) is 13.5. The molecule has 0 aliphatic rings. The molecule has 1 rings (SSSR count). The molecule has 6 heteroatoms. The average Bonchev–Trinajstić information content (AvgIpc) is 2.68. The molecule has 0 aromatic carbocycles. The van der Waals surface area contributed by atoms with Crippen LogP contribution in [0.1, 0.15) is 36.9 Å². The summed E-state index contributed by atoms with van der Waals surface area (Å²) >= 11 is 1.07. The molecule has 0 radical (unpaired) electrons. The van der Waals surface area contributed by atoms with Gasteiger partial charge in [-0.05, 0) is 23.4 Å². The highest BCUT2D eigenvalue weighted by molar-refractivity contribution is 7.07. The number of rotatable bonds is 4. The Morgan fingerprint density at radius 2 is 2.31 bits per heavy atom. The van der Waals surface area contributed by atoms with E-state index in [1.165, 1.54) is 6.20 Å². The lowest BCUT2D eigenvalue weighted by molar-refractivity contribution is 0.0889. The number of nitrogens with one attached hydrogen (secondary N) is 1. The van der Waals surface area contributed by atoms with Gasteiger partial charge in [0.2, 0.25) is 0 Å². The summed E-state index contributed by atoms with van der Waals surface area (Å²) in [6.45, 7) is 6.14. The summed E-state index contributed by atoms with van der Waals surface area (Å²) in [5.74, 6) is -0.177. The lowest BCUT2D eigenvalue weighted by atomic mass is 9.85. The summed E-state index contributed by atoms with van der Waals surface area (Å²) < 4.78 is 3.64. The number of nitrogens with zero attached hydrogens (tertiary/aromatic N) is 2. The van der Waals surface area contributed by atoms with Crippen LogP contribution in [-0.2, 0) is 0 Å². The standard InChI is InChI=1S/C10H17N3O2S/c1-10(2,3)8(4-5-14)12-9(15)7-6-11-13-16-7/h6,8,14H,4-5H2,1-3H3,(H,12,15). The van der Waals surface area contributed by atoms with E-state index in [1.54, 1.807) is 0 Å². The first-order chi connectivity index (χ1) is 7.45. The van der Waals surface area contributed by atoms with Gasteiger partial charge in [0.1, 0.15) is 4.88 Å². The average molecular weight is 243 g/mol. The second kappa shape index (κ2) is 5.36. The number of aliphatic hydroxyl groups is 1. The van der Waals surface area contributed by atoms with Crippen molar-refractivity contribution in [1.82, 2.24) is 14.9 Å². The number of amides is 1. The van der Waals surface area contributed by atoms with Crippen LogP contribution in [0.5, 0.6) is 0 Å². The number of aromatic nitrogens is 2. The Bertz CT molecular complexity index is 332. The summed E-state index contributed by atoms with van der Waals surface area (Å²) in [6.07, 6.45) is 1.99. The molecule has 90 valence electrons. The molecule has 1 aromatic rings. The molecule has 1 amide bonds. The predicted octanol–water partition coefficient (Wildman–Crippen LogP) is 1.06. The van der Waals surface area contributed by atoms with Crippen LogP contribution in [0.25, 0.3) is 0 Å². The first-order valence-corrected chi connectivity index (χ1v) is 5.91. The Morgan fingerprint density at radius 1 is 1.62 bits per heavy atom. The maximum atomic E-state index is 11.8. The molecule has 0 saturated carbocycles. The first kappa shape index (κ1) is 13.1. The third kappa shape index (κ3) is 3.53. The predicted molar refractivity (Wildman–Crippen MR) is 62.3 cm³/mol. The smallest absolute Gasteiger partial charge is 0.264 e. The quantitative estimate of drug-likeness (QED) is 0.829. The van der Waals surface area contributed by atoms with Crippen molar-refractivity contribution in [3.05, 3.63) is 11.1 Å². The van der Waals surface area contributed by atoms with Gasteiger partial charge in [-0.1, -0.05) is 25.3 Å². The third-order valence-corrected chi connectivity index (χ3v) is 3.02. The minimum Gasteiger partial charge on any atom is -0.396 e. The maximum Gasteiger partial charge on any atom is 0.264 e. The lowest BCUT2D eigenvalue weighted by Crippen LogP contribution is -2.44. The molecule has 0 fully saturated rings. The third-order valence-electron chi connectivity index (χ3n) is 2.35. The number of carbonyl (C=O) groups is 1. The molecule has 0 spiro atoms. The zero-order valence-corrected chi connectivity index (χ0v) is 10.5. The zero-order chi connectivity index (χ0) is 12.2. The molecule has 2 N–H and O–H groups in total. The summed E-state index contributed by atoms with van der Waals surface area (Å²) in [7, 11) is 0. The fraction of sp³-hybridized carbons (Fsp3) is 0.700. The molecule has 1 unspecified atom stereocenters. The van der Waals surface area contributed by atoms with Crippen molar-refractivity contribution in [2.75, 3.05) is 6.61 Å². The van der Waals surface area contributed by atoms with Crippen LogP contribution < -0.4 is 5.32 Å². The van der Waals surface area contributed by atoms with Gasteiger partial charge in [0, 0.05) is 12.6 Å². The zero-order valence-electron chi connectivity index (χ0n) is 9.73. The van der Waals surface area contributed by atoms with Crippen molar-refractivity contribution < 1.29 is 9.90 Å². The largest absolute Gasteiger partial charge is 0.396 e. The molecule has 0 bridgehead atoms. The van der Waals surface area contributed by atoms with Crippen molar-refractivity contribution in [3.63, 3.8) is 0 Å². The van der Waals surface area contributed by atoms with E-state index < -0.39 is 0 Å². The van der Waals surface area contributed by atoms with E-state index in [-0.39, 0.29) is 24.0 Å². The Balaban J connectivity index is 2.66. The first-order valence-electron chi connectivity index (χ1n) is 5.14. The van der Waals surface area contributed by atoms with E-state index in [0.717, 1.165) is 11.5 Å². The Kier molecular flexibility index (Phi) is 4.37. The fourth-order valence-electron chi connectivity index (χ4n) is 1.35. The van der Waals surface area contributed by atoms with Gasteiger partial charge in [-0.25, -0.2) is 0 Å². The highest BCUT2D eigenvalue weighted by Gasteiger charge is 2.26. The highest BCUT2D eigenvalue weighted by Crippen LogP contribution is 2.22. The van der Waals surface area contributed by atoms with E-state index in [2.05, 4.69) is 14.9 Å². The van der Waals surface area contributed by atoms with E-state index in [4.69, 9.17) is 5.11 Å². The number of carbonyl (C=O) groups excluding carboxylic acids is 1. The van der Waals surface area contributed by atoms with Crippen molar-refractivity contribution in [2.24, 2.45) is 5.41 Å². The minimum atomic E-state index is -0.177. The molecule has 0 saturated heterocycles. The van der Waals surface area contributed by atoms with Gasteiger partial charge >= 0.3 is 0 Å². The molecular formula is C10H17N3O2S. The van der Waals surface area contributed by atoms with E-state index in [9.17, 15) is 4.79 Å². The fourth-order valence-corrected chi connectivity index (χ4v) is 1.77. The van der Waals surface area contributed by atoms with Crippen LogP contribution in [0.2, 0.25) is 0 Å². The molecular weight excluding hydrogens is 226 g/mol. The van der Waals surface area contributed by atoms with Crippen LogP contribution in [0.4, 0.5) is 0 Å². The van der Waals surface area contributed by atoms with Gasteiger partial charge < -0.3 is 10.4 Å².